The lowest BCUT2D eigenvalue weighted by molar-refractivity contribution is 0.0554. The first-order valence-electron chi connectivity index (χ1n) is 6.81. The summed E-state index contributed by atoms with van der Waals surface area (Å²) in [5, 5.41) is 10.6. The van der Waals surface area contributed by atoms with Crippen molar-refractivity contribution >= 4 is 30.9 Å². The molecular weight excluding hydrogens is 379 g/mol. The SMILES string of the molecule is C=C(I)[C@H](O)[C@@H](O[Si](C)(C)C(C)(C)C)c1ccccc1. The van der Waals surface area contributed by atoms with E-state index in [2.05, 4.69) is 63.0 Å². The molecule has 0 saturated heterocycles. The molecule has 0 amide bonds. The molecule has 4 heteroatoms. The Labute approximate surface area is 137 Å². The van der Waals surface area contributed by atoms with E-state index in [1.165, 1.54) is 0 Å². The van der Waals surface area contributed by atoms with Gasteiger partial charge in [-0.25, -0.2) is 0 Å². The molecule has 0 aliphatic rings. The quantitative estimate of drug-likeness (QED) is 0.549. The Morgan fingerprint density at radius 1 is 1.25 bits per heavy atom. The van der Waals surface area contributed by atoms with Gasteiger partial charge in [0.1, 0.15) is 12.2 Å². The Morgan fingerprint density at radius 2 is 1.75 bits per heavy atom. The molecule has 0 aliphatic carbocycles. The zero-order valence-electron chi connectivity index (χ0n) is 13.0. The Morgan fingerprint density at radius 3 is 2.15 bits per heavy atom. The standard InChI is InChI=1S/C16H25IO2Si/c1-12(17)14(18)15(13-10-8-7-9-11-13)19-20(5,6)16(2,3)4/h7-11,14-15,18H,1H2,2-6H3/t14-,15-/m0/s1. The van der Waals surface area contributed by atoms with Gasteiger partial charge in [-0.05, 0) is 46.3 Å². The van der Waals surface area contributed by atoms with Crippen molar-refractivity contribution in [2.75, 3.05) is 0 Å². The maximum absolute atomic E-state index is 10.5. The molecule has 1 rings (SSSR count). The summed E-state index contributed by atoms with van der Waals surface area (Å²) in [6, 6.07) is 9.92. The molecule has 1 aromatic rings. The van der Waals surface area contributed by atoms with E-state index in [1.807, 2.05) is 30.3 Å². The fraction of sp³-hybridized carbons (Fsp3) is 0.500. The van der Waals surface area contributed by atoms with Crippen LogP contribution in [0, 0.1) is 0 Å². The first-order valence-corrected chi connectivity index (χ1v) is 10.8. The van der Waals surface area contributed by atoms with Gasteiger partial charge in [0.05, 0.1) is 0 Å². The molecule has 0 heterocycles. The number of hydrogen-bond acceptors (Lipinski definition) is 2. The first kappa shape index (κ1) is 17.9. The van der Waals surface area contributed by atoms with Gasteiger partial charge in [0, 0.05) is 3.58 Å². The molecule has 2 atom stereocenters. The second kappa shape index (κ2) is 6.73. The second-order valence-corrected chi connectivity index (χ2v) is 12.7. The molecular formula is C16H25IO2Si. The zero-order chi connectivity index (χ0) is 15.6. The molecule has 0 fully saturated rings. The summed E-state index contributed by atoms with van der Waals surface area (Å²) in [5.74, 6) is 0. The third-order valence-electron chi connectivity index (χ3n) is 3.96. The molecule has 2 nitrogen and oxygen atoms in total. The van der Waals surface area contributed by atoms with Crippen LogP contribution in [0.25, 0.3) is 0 Å². The first-order chi connectivity index (χ1) is 9.06. The third kappa shape index (κ3) is 4.41. The Bertz CT molecular complexity index is 451. The van der Waals surface area contributed by atoms with Crippen LogP contribution in [0.2, 0.25) is 18.1 Å². The Kier molecular flexibility index (Phi) is 6.01. The van der Waals surface area contributed by atoms with Gasteiger partial charge in [-0.15, -0.1) is 0 Å². The van der Waals surface area contributed by atoms with E-state index in [1.54, 1.807) is 0 Å². The van der Waals surface area contributed by atoms with Crippen molar-refractivity contribution in [2.45, 2.75) is 51.1 Å². The monoisotopic (exact) mass is 404 g/mol. The molecule has 112 valence electrons. The van der Waals surface area contributed by atoms with Crippen LogP contribution in [0.3, 0.4) is 0 Å². The van der Waals surface area contributed by atoms with E-state index >= 15 is 0 Å². The Balaban J connectivity index is 3.11. The lowest BCUT2D eigenvalue weighted by atomic mass is 10.0. The van der Waals surface area contributed by atoms with Gasteiger partial charge in [-0.2, -0.15) is 0 Å². The normalized spacial score (nSPS) is 15.8. The van der Waals surface area contributed by atoms with E-state index < -0.39 is 14.4 Å². The second-order valence-electron chi connectivity index (χ2n) is 6.60. The van der Waals surface area contributed by atoms with E-state index in [0.717, 1.165) is 5.56 Å². The Hall–Kier alpha value is -0.173. The van der Waals surface area contributed by atoms with E-state index in [0.29, 0.717) is 3.58 Å². The van der Waals surface area contributed by atoms with Crippen molar-refractivity contribution in [2.24, 2.45) is 0 Å². The number of benzene rings is 1. The number of hydrogen-bond donors (Lipinski definition) is 1. The lowest BCUT2D eigenvalue weighted by Gasteiger charge is -2.40. The van der Waals surface area contributed by atoms with Crippen LogP contribution < -0.4 is 0 Å². The molecule has 1 N–H and O–H groups in total. The van der Waals surface area contributed by atoms with Gasteiger partial charge < -0.3 is 9.53 Å². The van der Waals surface area contributed by atoms with Crippen LogP contribution in [0.4, 0.5) is 0 Å². The summed E-state index contributed by atoms with van der Waals surface area (Å²) >= 11 is 2.07. The highest BCUT2D eigenvalue weighted by Crippen LogP contribution is 2.41. The van der Waals surface area contributed by atoms with Crippen LogP contribution in [0.15, 0.2) is 40.5 Å². The predicted octanol–water partition coefficient (Wildman–Crippen LogP) is 5.06. The highest BCUT2D eigenvalue weighted by Gasteiger charge is 2.41. The summed E-state index contributed by atoms with van der Waals surface area (Å²) < 4.78 is 7.14. The van der Waals surface area contributed by atoms with Gasteiger partial charge in [-0.3, -0.25) is 0 Å². The van der Waals surface area contributed by atoms with Gasteiger partial charge in [-0.1, -0.05) is 57.7 Å². The highest BCUT2D eigenvalue weighted by molar-refractivity contribution is 14.1. The molecule has 0 bridgehead atoms. The van der Waals surface area contributed by atoms with Crippen molar-refractivity contribution in [3.63, 3.8) is 0 Å². The number of halogens is 1. The largest absolute Gasteiger partial charge is 0.407 e. The number of aliphatic hydroxyl groups is 1. The maximum Gasteiger partial charge on any atom is 0.193 e. The number of rotatable bonds is 5. The van der Waals surface area contributed by atoms with E-state index in [-0.39, 0.29) is 11.1 Å². The smallest absolute Gasteiger partial charge is 0.193 e. The average Bonchev–Trinajstić information content (AvgIpc) is 2.34. The van der Waals surface area contributed by atoms with Crippen molar-refractivity contribution in [3.8, 4) is 0 Å². The average molecular weight is 404 g/mol. The van der Waals surface area contributed by atoms with E-state index in [4.69, 9.17) is 4.43 Å². The molecule has 0 unspecified atom stereocenters. The van der Waals surface area contributed by atoms with Gasteiger partial charge >= 0.3 is 0 Å². The van der Waals surface area contributed by atoms with E-state index in [9.17, 15) is 5.11 Å². The van der Waals surface area contributed by atoms with Crippen molar-refractivity contribution < 1.29 is 9.53 Å². The van der Waals surface area contributed by atoms with Crippen molar-refractivity contribution in [1.82, 2.24) is 0 Å². The zero-order valence-corrected chi connectivity index (χ0v) is 16.1. The molecule has 0 radical (unpaired) electrons. The molecule has 0 aromatic heterocycles. The summed E-state index contributed by atoms with van der Waals surface area (Å²) in [6.07, 6.45) is -1.03. The summed E-state index contributed by atoms with van der Waals surface area (Å²) in [6.45, 7) is 14.9. The summed E-state index contributed by atoms with van der Waals surface area (Å²) in [5.41, 5.74) is 1.00. The molecule has 0 spiro atoms. The van der Waals surface area contributed by atoms with Crippen LogP contribution in [-0.4, -0.2) is 19.5 Å². The van der Waals surface area contributed by atoms with Gasteiger partial charge in [0.15, 0.2) is 8.32 Å². The van der Waals surface area contributed by atoms with Crippen LogP contribution >= 0.6 is 22.6 Å². The van der Waals surface area contributed by atoms with Gasteiger partial charge in [0.2, 0.25) is 0 Å². The topological polar surface area (TPSA) is 29.5 Å². The lowest BCUT2D eigenvalue weighted by Crippen LogP contribution is -2.44. The number of aliphatic hydroxyl groups excluding tert-OH is 1. The molecule has 1 aromatic carbocycles. The fourth-order valence-electron chi connectivity index (χ4n) is 1.62. The van der Waals surface area contributed by atoms with Crippen molar-refractivity contribution in [1.29, 1.82) is 0 Å². The summed E-state index contributed by atoms with van der Waals surface area (Å²) in [4.78, 5) is 0. The highest BCUT2D eigenvalue weighted by atomic mass is 127. The maximum atomic E-state index is 10.5. The molecule has 20 heavy (non-hydrogen) atoms. The van der Waals surface area contributed by atoms with Crippen molar-refractivity contribution in [3.05, 3.63) is 46.1 Å². The van der Waals surface area contributed by atoms with Gasteiger partial charge in [0.25, 0.3) is 0 Å². The fourth-order valence-corrected chi connectivity index (χ4v) is 3.20. The van der Waals surface area contributed by atoms with Crippen LogP contribution in [0.1, 0.15) is 32.4 Å². The minimum atomic E-state index is -1.96. The van der Waals surface area contributed by atoms with Crippen LogP contribution in [0.5, 0.6) is 0 Å². The summed E-state index contributed by atoms with van der Waals surface area (Å²) in [7, 11) is -1.96. The minimum Gasteiger partial charge on any atom is -0.407 e. The third-order valence-corrected chi connectivity index (χ3v) is 9.06. The molecule has 0 aliphatic heterocycles. The van der Waals surface area contributed by atoms with Crippen LogP contribution in [-0.2, 0) is 4.43 Å². The minimum absolute atomic E-state index is 0.104. The predicted molar refractivity (Wildman–Crippen MR) is 96.6 cm³/mol. The molecule has 0 saturated carbocycles.